The molecular weight excluding hydrogens is 260 g/mol. The van der Waals surface area contributed by atoms with Crippen LogP contribution in [0.4, 0.5) is 5.82 Å². The molecule has 4 saturated carbocycles. The van der Waals surface area contributed by atoms with E-state index in [9.17, 15) is 4.79 Å². The molecule has 0 radical (unpaired) electrons. The summed E-state index contributed by atoms with van der Waals surface area (Å²) in [5, 5.41) is 0. The molecule has 4 aliphatic carbocycles. The number of nitrogens with two attached hydrogens (primary N) is 1. The van der Waals surface area contributed by atoms with Crippen molar-refractivity contribution in [3.8, 4) is 0 Å². The lowest BCUT2D eigenvalue weighted by molar-refractivity contribution is -0.125. The van der Waals surface area contributed by atoms with Crippen LogP contribution in [0.2, 0.25) is 0 Å². The van der Waals surface area contributed by atoms with Crippen LogP contribution in [0.3, 0.4) is 0 Å². The van der Waals surface area contributed by atoms with Crippen LogP contribution in [0.1, 0.15) is 62.7 Å². The number of aromatic nitrogens is 1. The number of nitrogens with zero attached hydrogens (tertiary/aromatic N) is 1. The van der Waals surface area contributed by atoms with Gasteiger partial charge in [0.25, 0.3) is 0 Å². The Morgan fingerprint density at radius 3 is 2.43 bits per heavy atom. The quantitative estimate of drug-likeness (QED) is 0.839. The first-order valence-electron chi connectivity index (χ1n) is 8.09. The SMILES string of the molecule is CC12CC3CC(C)(C1)CC(C(=O)c1cccnc1N)(C3)C2. The Morgan fingerprint density at radius 2 is 1.86 bits per heavy atom. The van der Waals surface area contributed by atoms with Gasteiger partial charge < -0.3 is 5.73 Å². The predicted molar refractivity (Wildman–Crippen MR) is 82.8 cm³/mol. The summed E-state index contributed by atoms with van der Waals surface area (Å²) in [5.74, 6) is 1.38. The van der Waals surface area contributed by atoms with Crippen LogP contribution < -0.4 is 5.73 Å². The minimum atomic E-state index is -0.180. The lowest BCUT2D eigenvalue weighted by Crippen LogP contribution is -2.57. The van der Waals surface area contributed by atoms with E-state index in [-0.39, 0.29) is 11.2 Å². The highest BCUT2D eigenvalue weighted by Crippen LogP contribution is 2.70. The molecule has 0 saturated heterocycles. The van der Waals surface area contributed by atoms with Gasteiger partial charge in [0.2, 0.25) is 0 Å². The molecule has 1 heterocycles. The van der Waals surface area contributed by atoms with E-state index in [0.29, 0.717) is 22.2 Å². The molecule has 0 aliphatic heterocycles. The zero-order chi connectivity index (χ0) is 14.9. The van der Waals surface area contributed by atoms with Crippen LogP contribution in [-0.4, -0.2) is 10.8 Å². The largest absolute Gasteiger partial charge is 0.383 e. The number of carbonyl (C=O) groups excluding carboxylic acids is 1. The van der Waals surface area contributed by atoms with Gasteiger partial charge in [-0.1, -0.05) is 13.8 Å². The Bertz CT molecular complexity index is 605. The molecule has 3 nitrogen and oxygen atoms in total. The topological polar surface area (TPSA) is 56.0 Å². The van der Waals surface area contributed by atoms with Gasteiger partial charge in [-0.05, 0) is 67.4 Å². The third-order valence-electron chi connectivity index (χ3n) is 6.19. The first-order valence-corrected chi connectivity index (χ1v) is 8.09. The van der Waals surface area contributed by atoms with E-state index >= 15 is 0 Å². The minimum absolute atomic E-state index is 0.180. The molecule has 2 N–H and O–H groups in total. The van der Waals surface area contributed by atoms with Crippen LogP contribution in [0.15, 0.2) is 18.3 Å². The maximum atomic E-state index is 13.3. The molecule has 0 amide bonds. The van der Waals surface area contributed by atoms with Gasteiger partial charge in [-0.15, -0.1) is 0 Å². The second kappa shape index (κ2) is 3.88. The van der Waals surface area contributed by atoms with E-state index in [1.807, 2.05) is 12.1 Å². The minimum Gasteiger partial charge on any atom is -0.383 e. The summed E-state index contributed by atoms with van der Waals surface area (Å²) in [4.78, 5) is 17.4. The van der Waals surface area contributed by atoms with E-state index in [1.54, 1.807) is 6.20 Å². The van der Waals surface area contributed by atoms with E-state index in [2.05, 4.69) is 18.8 Å². The van der Waals surface area contributed by atoms with Crippen molar-refractivity contribution in [1.29, 1.82) is 0 Å². The van der Waals surface area contributed by atoms with E-state index in [1.165, 1.54) is 19.3 Å². The number of pyridine rings is 1. The van der Waals surface area contributed by atoms with Gasteiger partial charge in [0.1, 0.15) is 5.82 Å². The van der Waals surface area contributed by atoms with Crippen LogP contribution >= 0.6 is 0 Å². The number of carbonyl (C=O) groups is 1. The molecule has 0 aromatic carbocycles. The molecule has 2 atom stereocenters. The predicted octanol–water partition coefficient (Wildman–Crippen LogP) is 3.84. The Labute approximate surface area is 126 Å². The third kappa shape index (κ3) is 1.86. The van der Waals surface area contributed by atoms with Crippen molar-refractivity contribution in [2.24, 2.45) is 22.2 Å². The maximum absolute atomic E-state index is 13.3. The summed E-state index contributed by atoms with van der Waals surface area (Å²) in [7, 11) is 0. The molecule has 2 unspecified atom stereocenters. The normalized spacial score (nSPS) is 44.0. The fourth-order valence-electron chi connectivity index (χ4n) is 6.60. The highest BCUT2D eigenvalue weighted by Gasteiger charge is 2.62. The smallest absolute Gasteiger partial charge is 0.172 e. The molecule has 4 bridgehead atoms. The molecule has 0 spiro atoms. The summed E-state index contributed by atoms with van der Waals surface area (Å²) in [5.41, 5.74) is 7.13. The van der Waals surface area contributed by atoms with Crippen LogP contribution in [-0.2, 0) is 0 Å². The van der Waals surface area contributed by atoms with Gasteiger partial charge in [-0.25, -0.2) is 4.98 Å². The van der Waals surface area contributed by atoms with Crippen molar-refractivity contribution in [3.05, 3.63) is 23.9 Å². The van der Waals surface area contributed by atoms with E-state index in [0.717, 1.165) is 25.2 Å². The standard InChI is InChI=1S/C18H24N2O/c1-16-6-12-7-17(2,9-16)11-18(8-12,10-16)14(21)13-4-3-5-20-15(13)19/h3-5,12H,6-11H2,1-2H3,(H2,19,20). The summed E-state index contributed by atoms with van der Waals surface area (Å²) >= 11 is 0. The Balaban J connectivity index is 1.78. The zero-order valence-electron chi connectivity index (χ0n) is 13.0. The number of nitrogen functional groups attached to an aromatic ring is 1. The van der Waals surface area contributed by atoms with E-state index in [4.69, 9.17) is 5.73 Å². The number of anilines is 1. The summed E-state index contributed by atoms with van der Waals surface area (Å²) in [6.45, 7) is 4.79. The van der Waals surface area contributed by atoms with Crippen LogP contribution in [0.5, 0.6) is 0 Å². The summed E-state index contributed by atoms with van der Waals surface area (Å²) in [6, 6.07) is 3.68. The Morgan fingerprint density at radius 1 is 1.19 bits per heavy atom. The molecule has 112 valence electrons. The highest BCUT2D eigenvalue weighted by molar-refractivity contribution is 6.04. The fraction of sp³-hybridized carbons (Fsp3) is 0.667. The fourth-order valence-corrected chi connectivity index (χ4v) is 6.60. The van der Waals surface area contributed by atoms with Gasteiger partial charge in [0, 0.05) is 11.6 Å². The van der Waals surface area contributed by atoms with Crippen molar-refractivity contribution < 1.29 is 4.79 Å². The molecule has 1 aromatic heterocycles. The monoisotopic (exact) mass is 284 g/mol. The number of Topliss-reactive ketones (excluding diaryl/α,β-unsaturated/α-hetero) is 1. The van der Waals surface area contributed by atoms with Gasteiger partial charge >= 0.3 is 0 Å². The summed E-state index contributed by atoms with van der Waals surface area (Å²) < 4.78 is 0. The molecule has 4 fully saturated rings. The molecule has 5 rings (SSSR count). The molecule has 4 aliphatic rings. The first-order chi connectivity index (χ1) is 9.83. The number of rotatable bonds is 2. The van der Waals surface area contributed by atoms with E-state index < -0.39 is 0 Å². The highest BCUT2D eigenvalue weighted by atomic mass is 16.1. The van der Waals surface area contributed by atoms with Gasteiger partial charge in [0.05, 0.1) is 5.56 Å². The van der Waals surface area contributed by atoms with Gasteiger partial charge in [-0.2, -0.15) is 0 Å². The van der Waals surface area contributed by atoms with Crippen molar-refractivity contribution in [2.45, 2.75) is 52.4 Å². The number of ketones is 1. The Kier molecular flexibility index (Phi) is 2.45. The molecule has 21 heavy (non-hydrogen) atoms. The lowest BCUT2D eigenvalue weighted by Gasteiger charge is -2.64. The molecule has 1 aromatic rings. The van der Waals surface area contributed by atoms with Gasteiger partial charge in [0.15, 0.2) is 5.78 Å². The van der Waals surface area contributed by atoms with Crippen LogP contribution in [0.25, 0.3) is 0 Å². The van der Waals surface area contributed by atoms with Gasteiger partial charge in [-0.3, -0.25) is 4.79 Å². The average molecular weight is 284 g/mol. The first kappa shape index (κ1) is 13.3. The van der Waals surface area contributed by atoms with Crippen molar-refractivity contribution >= 4 is 11.6 Å². The molecule has 3 heteroatoms. The number of hydrogen-bond donors (Lipinski definition) is 1. The van der Waals surface area contributed by atoms with Crippen molar-refractivity contribution in [3.63, 3.8) is 0 Å². The average Bonchev–Trinajstić information content (AvgIpc) is 2.34. The second-order valence-corrected chi connectivity index (χ2v) is 8.68. The molecular formula is C18H24N2O. The lowest BCUT2D eigenvalue weighted by atomic mass is 9.39. The maximum Gasteiger partial charge on any atom is 0.172 e. The van der Waals surface area contributed by atoms with Crippen molar-refractivity contribution in [2.75, 3.05) is 5.73 Å². The van der Waals surface area contributed by atoms with Crippen molar-refractivity contribution in [1.82, 2.24) is 4.98 Å². The zero-order valence-corrected chi connectivity index (χ0v) is 13.0. The summed E-state index contributed by atoms with van der Waals surface area (Å²) in [6.07, 6.45) is 8.70. The Hall–Kier alpha value is -1.38. The number of hydrogen-bond acceptors (Lipinski definition) is 3. The third-order valence-corrected chi connectivity index (χ3v) is 6.19. The van der Waals surface area contributed by atoms with Crippen LogP contribution in [0, 0.1) is 22.2 Å². The second-order valence-electron chi connectivity index (χ2n) is 8.68.